The maximum atomic E-state index is 12.8. The van der Waals surface area contributed by atoms with Crippen molar-refractivity contribution >= 4 is 40.6 Å². The van der Waals surface area contributed by atoms with E-state index in [-0.39, 0.29) is 17.3 Å². The van der Waals surface area contributed by atoms with Gasteiger partial charge in [0.1, 0.15) is 5.25 Å². The second-order valence-corrected chi connectivity index (χ2v) is 7.68. The molecule has 2 aromatic rings. The van der Waals surface area contributed by atoms with E-state index in [1.165, 1.54) is 18.3 Å². The second kappa shape index (κ2) is 9.12. The Morgan fingerprint density at radius 3 is 2.67 bits per heavy atom. The van der Waals surface area contributed by atoms with Gasteiger partial charge in [0.05, 0.1) is 11.8 Å². The number of thioether (sulfide) groups is 1. The molecule has 2 N–H and O–H groups in total. The molecule has 0 unspecified atom stereocenters. The lowest BCUT2D eigenvalue weighted by Crippen LogP contribution is -2.28. The fraction of sp³-hybridized carbons (Fsp3) is 0.200. The molecule has 0 radical (unpaired) electrons. The van der Waals surface area contributed by atoms with Gasteiger partial charge in [-0.1, -0.05) is 47.7 Å². The van der Waals surface area contributed by atoms with Crippen LogP contribution in [0, 0.1) is 6.92 Å². The van der Waals surface area contributed by atoms with E-state index in [1.54, 1.807) is 0 Å². The number of amides is 2. The number of hydrogen-bond acceptors (Lipinski definition) is 5. The maximum absolute atomic E-state index is 12.8. The number of halogens is 3. The van der Waals surface area contributed by atoms with Crippen molar-refractivity contribution in [3.8, 4) is 0 Å². The maximum Gasteiger partial charge on any atom is 0.416 e. The standard InChI is InChI=1S/C20H17F3N4O2S/c1-12-5-7-13(8-6-12)11-24-27-19-26-18(29)16(30-19)10-17(28)25-15-4-2-3-14(9-15)20(21,22)23/h2-9,11,16H,10H2,1H3,(H,25,28)(H,26,27,29)/b24-11-/t16-/m1/s1. The van der Waals surface area contributed by atoms with Gasteiger partial charge in [0.2, 0.25) is 11.8 Å². The van der Waals surface area contributed by atoms with Crippen molar-refractivity contribution in [1.29, 1.82) is 0 Å². The number of nitrogens with zero attached hydrogens (tertiary/aromatic N) is 2. The van der Waals surface area contributed by atoms with E-state index >= 15 is 0 Å². The Hall–Kier alpha value is -3.14. The van der Waals surface area contributed by atoms with Crippen LogP contribution in [-0.2, 0) is 15.8 Å². The predicted molar refractivity (Wildman–Crippen MR) is 110 cm³/mol. The van der Waals surface area contributed by atoms with Crippen LogP contribution in [0.1, 0.15) is 23.1 Å². The lowest BCUT2D eigenvalue weighted by atomic mass is 10.2. The van der Waals surface area contributed by atoms with Crippen molar-refractivity contribution in [3.63, 3.8) is 0 Å². The minimum Gasteiger partial charge on any atom is -0.326 e. The van der Waals surface area contributed by atoms with Crippen LogP contribution < -0.4 is 10.6 Å². The van der Waals surface area contributed by atoms with Crippen LogP contribution in [0.15, 0.2) is 58.7 Å². The number of hydrogen-bond donors (Lipinski definition) is 2. The molecule has 0 saturated carbocycles. The Morgan fingerprint density at radius 2 is 1.97 bits per heavy atom. The molecule has 156 valence electrons. The highest BCUT2D eigenvalue weighted by Gasteiger charge is 2.33. The zero-order valence-electron chi connectivity index (χ0n) is 15.7. The molecule has 0 aromatic heterocycles. The van der Waals surface area contributed by atoms with E-state index < -0.39 is 28.8 Å². The summed E-state index contributed by atoms with van der Waals surface area (Å²) < 4.78 is 38.3. The first-order valence-corrected chi connectivity index (χ1v) is 9.71. The van der Waals surface area contributed by atoms with Crippen LogP contribution in [0.25, 0.3) is 0 Å². The highest BCUT2D eigenvalue weighted by molar-refractivity contribution is 8.15. The molecule has 0 bridgehead atoms. The Labute approximate surface area is 174 Å². The van der Waals surface area contributed by atoms with Gasteiger partial charge < -0.3 is 10.6 Å². The molecule has 0 aliphatic carbocycles. The Morgan fingerprint density at radius 1 is 1.23 bits per heavy atom. The predicted octanol–water partition coefficient (Wildman–Crippen LogP) is 3.96. The molecule has 2 aromatic carbocycles. The molecule has 1 atom stereocenters. The number of rotatable bonds is 5. The minimum absolute atomic E-state index is 0.00909. The van der Waals surface area contributed by atoms with Crippen molar-refractivity contribution in [2.45, 2.75) is 24.8 Å². The number of amidine groups is 1. The van der Waals surface area contributed by atoms with E-state index in [9.17, 15) is 22.8 Å². The average Bonchev–Trinajstić information content (AvgIpc) is 3.02. The normalized spacial score (nSPS) is 18.1. The largest absolute Gasteiger partial charge is 0.416 e. The summed E-state index contributed by atoms with van der Waals surface area (Å²) in [6.45, 7) is 1.97. The molecule has 1 fully saturated rings. The lowest BCUT2D eigenvalue weighted by molar-refractivity contribution is -0.137. The van der Waals surface area contributed by atoms with Crippen LogP contribution in [0.2, 0.25) is 0 Å². The van der Waals surface area contributed by atoms with Gasteiger partial charge in [-0.3, -0.25) is 9.59 Å². The number of nitrogens with one attached hydrogen (secondary N) is 2. The molecule has 2 amide bonds. The number of benzene rings is 2. The third-order valence-electron chi connectivity index (χ3n) is 4.05. The molecule has 10 heteroatoms. The van der Waals surface area contributed by atoms with E-state index in [1.807, 2.05) is 31.2 Å². The van der Waals surface area contributed by atoms with Crippen LogP contribution in [-0.4, -0.2) is 28.4 Å². The Bertz CT molecular complexity index is 1000. The van der Waals surface area contributed by atoms with Crippen molar-refractivity contribution in [3.05, 3.63) is 65.2 Å². The highest BCUT2D eigenvalue weighted by atomic mass is 32.2. The first-order valence-electron chi connectivity index (χ1n) is 8.83. The summed E-state index contributed by atoms with van der Waals surface area (Å²) in [7, 11) is 0. The highest BCUT2D eigenvalue weighted by Crippen LogP contribution is 2.31. The van der Waals surface area contributed by atoms with E-state index in [0.717, 1.165) is 35.0 Å². The minimum atomic E-state index is -4.51. The molecule has 30 heavy (non-hydrogen) atoms. The molecule has 6 nitrogen and oxygen atoms in total. The lowest BCUT2D eigenvalue weighted by Gasteiger charge is -2.10. The quantitative estimate of drug-likeness (QED) is 0.552. The van der Waals surface area contributed by atoms with Gasteiger partial charge in [0.15, 0.2) is 5.17 Å². The SMILES string of the molecule is Cc1ccc(/C=N\N=C2/NC(=O)[C@@H](CC(=O)Nc3cccc(C(F)(F)F)c3)S2)cc1. The number of anilines is 1. The van der Waals surface area contributed by atoms with Gasteiger partial charge in [-0.05, 0) is 30.7 Å². The third-order valence-corrected chi connectivity index (χ3v) is 5.13. The van der Waals surface area contributed by atoms with Crippen LogP contribution in [0.3, 0.4) is 0 Å². The summed E-state index contributed by atoms with van der Waals surface area (Å²) in [5.74, 6) is -0.991. The zero-order valence-corrected chi connectivity index (χ0v) is 16.6. The zero-order chi connectivity index (χ0) is 21.7. The van der Waals surface area contributed by atoms with E-state index in [4.69, 9.17) is 0 Å². The van der Waals surface area contributed by atoms with Crippen molar-refractivity contribution < 1.29 is 22.8 Å². The summed E-state index contributed by atoms with van der Waals surface area (Å²) in [5.41, 5.74) is 1.10. The second-order valence-electron chi connectivity index (χ2n) is 6.49. The molecule has 1 heterocycles. The molecular formula is C20H17F3N4O2S. The van der Waals surface area contributed by atoms with Crippen molar-refractivity contribution in [2.24, 2.45) is 10.2 Å². The third kappa shape index (κ3) is 5.93. The fourth-order valence-electron chi connectivity index (χ4n) is 2.54. The molecule has 1 aliphatic heterocycles. The molecular weight excluding hydrogens is 417 g/mol. The molecule has 3 rings (SSSR count). The fourth-order valence-corrected chi connectivity index (χ4v) is 3.46. The van der Waals surface area contributed by atoms with Crippen LogP contribution in [0.5, 0.6) is 0 Å². The van der Waals surface area contributed by atoms with Gasteiger partial charge >= 0.3 is 6.18 Å². The number of aryl methyl sites for hydroxylation is 1. The van der Waals surface area contributed by atoms with E-state index in [0.29, 0.717) is 0 Å². The number of carbonyl (C=O) groups is 2. The van der Waals surface area contributed by atoms with Crippen molar-refractivity contribution in [2.75, 3.05) is 5.32 Å². The first-order chi connectivity index (χ1) is 14.2. The van der Waals surface area contributed by atoms with Gasteiger partial charge in [-0.25, -0.2) is 0 Å². The van der Waals surface area contributed by atoms with Crippen LogP contribution in [0.4, 0.5) is 18.9 Å². The van der Waals surface area contributed by atoms with Gasteiger partial charge in [-0.2, -0.15) is 18.3 Å². The van der Waals surface area contributed by atoms with Gasteiger partial charge in [0, 0.05) is 12.1 Å². The Balaban J connectivity index is 1.56. The topological polar surface area (TPSA) is 82.9 Å². The van der Waals surface area contributed by atoms with Gasteiger partial charge in [-0.15, -0.1) is 5.10 Å². The van der Waals surface area contributed by atoms with E-state index in [2.05, 4.69) is 20.8 Å². The summed E-state index contributed by atoms with van der Waals surface area (Å²) in [4.78, 5) is 24.2. The first kappa shape index (κ1) is 21.6. The summed E-state index contributed by atoms with van der Waals surface area (Å²) in [5, 5.41) is 12.3. The van der Waals surface area contributed by atoms with Crippen molar-refractivity contribution in [1.82, 2.24) is 5.32 Å². The monoisotopic (exact) mass is 434 g/mol. The summed E-state index contributed by atoms with van der Waals surface area (Å²) in [6.07, 6.45) is -3.19. The number of alkyl halides is 3. The summed E-state index contributed by atoms with van der Waals surface area (Å²) in [6, 6.07) is 11.9. The number of carbonyl (C=O) groups excluding carboxylic acids is 2. The summed E-state index contributed by atoms with van der Waals surface area (Å²) >= 11 is 1.04. The average molecular weight is 434 g/mol. The van der Waals surface area contributed by atoms with Gasteiger partial charge in [0.25, 0.3) is 0 Å². The van der Waals surface area contributed by atoms with Crippen LogP contribution >= 0.6 is 11.8 Å². The molecule has 0 spiro atoms. The Kier molecular flexibility index (Phi) is 6.56. The molecule has 1 aliphatic rings. The molecule has 1 saturated heterocycles. The smallest absolute Gasteiger partial charge is 0.326 e.